The number of hydrogen-bond donors (Lipinski definition) is 0. The summed E-state index contributed by atoms with van der Waals surface area (Å²) in [7, 11) is 0. The summed E-state index contributed by atoms with van der Waals surface area (Å²) in [5, 5.41) is 0. The van der Waals surface area contributed by atoms with Crippen LogP contribution >= 0.6 is 0 Å². The summed E-state index contributed by atoms with van der Waals surface area (Å²) >= 11 is 0. The lowest BCUT2D eigenvalue weighted by atomic mass is 9.72. The highest BCUT2D eigenvalue weighted by molar-refractivity contribution is 5.84. The van der Waals surface area contributed by atoms with Gasteiger partial charge in [0.1, 0.15) is 5.78 Å². The molecule has 1 nitrogen and oxygen atoms in total. The van der Waals surface area contributed by atoms with E-state index in [4.69, 9.17) is 0 Å². The van der Waals surface area contributed by atoms with Gasteiger partial charge < -0.3 is 0 Å². The fourth-order valence-electron chi connectivity index (χ4n) is 2.44. The molecule has 0 saturated carbocycles. The number of Topliss-reactive ketones (excluding diaryl/α,β-unsaturated/α-hetero) is 1. The van der Waals surface area contributed by atoms with Crippen molar-refractivity contribution in [1.82, 2.24) is 0 Å². The molecule has 0 spiro atoms. The van der Waals surface area contributed by atoms with Gasteiger partial charge in [0.15, 0.2) is 0 Å². The minimum Gasteiger partial charge on any atom is -0.299 e. The molecule has 0 saturated heterocycles. The quantitative estimate of drug-likeness (QED) is 0.657. The average Bonchev–Trinajstić information content (AvgIpc) is 2.14. The molecule has 0 aliphatic heterocycles. The Bertz CT molecular complexity index is 417. The maximum atomic E-state index is 11.6. The minimum atomic E-state index is -0.0373. The Morgan fingerprint density at radius 3 is 2.59 bits per heavy atom. The molecule has 0 heterocycles. The molecule has 0 atom stereocenters. The molecule has 0 N–H and O–H groups in total. The van der Waals surface area contributed by atoms with E-state index in [1.807, 2.05) is 6.08 Å². The molecule has 92 valence electrons. The van der Waals surface area contributed by atoms with Gasteiger partial charge in [-0.3, -0.25) is 4.79 Å². The van der Waals surface area contributed by atoms with Gasteiger partial charge >= 0.3 is 0 Å². The second kappa shape index (κ2) is 5.31. The van der Waals surface area contributed by atoms with Crippen LogP contribution in [0.15, 0.2) is 47.6 Å². The zero-order valence-corrected chi connectivity index (χ0v) is 11.3. The number of hydrogen-bond acceptors (Lipinski definition) is 1. The third kappa shape index (κ3) is 3.55. The van der Waals surface area contributed by atoms with Gasteiger partial charge in [0.05, 0.1) is 0 Å². The Morgan fingerprint density at radius 1 is 1.41 bits per heavy atom. The van der Waals surface area contributed by atoms with Crippen LogP contribution in [0.25, 0.3) is 0 Å². The van der Waals surface area contributed by atoms with Gasteiger partial charge in [-0.2, -0.15) is 0 Å². The predicted octanol–water partition coefficient (Wildman–Crippen LogP) is 4.38. The summed E-state index contributed by atoms with van der Waals surface area (Å²) in [4.78, 5) is 11.6. The van der Waals surface area contributed by atoms with E-state index in [2.05, 4.69) is 46.4 Å². The van der Waals surface area contributed by atoms with Gasteiger partial charge in [-0.1, -0.05) is 55.9 Å². The highest BCUT2D eigenvalue weighted by Crippen LogP contribution is 2.39. The SMILES string of the molecule is C=CC=C(C)C=CC1=C(C)CC(=O)CC1(C)C. The van der Waals surface area contributed by atoms with Crippen molar-refractivity contribution in [1.29, 1.82) is 0 Å². The number of ketones is 1. The number of rotatable bonds is 3. The Kier molecular flexibility index (Phi) is 4.28. The molecule has 1 aliphatic rings. The third-order valence-corrected chi connectivity index (χ3v) is 3.18. The molecule has 0 unspecified atom stereocenters. The summed E-state index contributed by atoms with van der Waals surface area (Å²) < 4.78 is 0. The lowest BCUT2D eigenvalue weighted by molar-refractivity contribution is -0.120. The van der Waals surface area contributed by atoms with Crippen molar-refractivity contribution in [2.75, 3.05) is 0 Å². The van der Waals surface area contributed by atoms with E-state index in [-0.39, 0.29) is 5.41 Å². The van der Waals surface area contributed by atoms with Gasteiger partial charge in [-0.15, -0.1) is 0 Å². The molecule has 0 bridgehead atoms. The second-order valence-corrected chi connectivity index (χ2v) is 5.45. The van der Waals surface area contributed by atoms with E-state index in [0.29, 0.717) is 18.6 Å². The van der Waals surface area contributed by atoms with Crippen LogP contribution in [0.3, 0.4) is 0 Å². The van der Waals surface area contributed by atoms with Crippen LogP contribution in [-0.2, 0) is 4.79 Å². The maximum Gasteiger partial charge on any atom is 0.137 e. The molecule has 1 aliphatic carbocycles. The summed E-state index contributed by atoms with van der Waals surface area (Å²) in [5.74, 6) is 0.350. The van der Waals surface area contributed by atoms with Gasteiger partial charge in [0.25, 0.3) is 0 Å². The molecular weight excluding hydrogens is 208 g/mol. The third-order valence-electron chi connectivity index (χ3n) is 3.18. The zero-order valence-electron chi connectivity index (χ0n) is 11.3. The van der Waals surface area contributed by atoms with E-state index in [0.717, 1.165) is 0 Å². The predicted molar refractivity (Wildman–Crippen MR) is 73.8 cm³/mol. The van der Waals surface area contributed by atoms with Crippen LogP contribution in [0.1, 0.15) is 40.5 Å². The summed E-state index contributed by atoms with van der Waals surface area (Å²) in [6, 6.07) is 0. The Hall–Kier alpha value is -1.37. The van der Waals surface area contributed by atoms with E-state index < -0.39 is 0 Å². The normalized spacial score (nSPS) is 21.2. The van der Waals surface area contributed by atoms with Crippen LogP contribution in [0, 0.1) is 5.41 Å². The van der Waals surface area contributed by atoms with Crippen LogP contribution in [0.4, 0.5) is 0 Å². The first kappa shape index (κ1) is 13.7. The first-order valence-corrected chi connectivity index (χ1v) is 6.06. The van der Waals surface area contributed by atoms with E-state index in [9.17, 15) is 4.79 Å². The van der Waals surface area contributed by atoms with Crippen LogP contribution in [0.2, 0.25) is 0 Å². The highest BCUT2D eigenvalue weighted by Gasteiger charge is 2.30. The van der Waals surface area contributed by atoms with Gasteiger partial charge in [0.2, 0.25) is 0 Å². The molecular formula is C16H22O. The molecule has 0 aromatic heterocycles. The van der Waals surface area contributed by atoms with Crippen molar-refractivity contribution in [3.05, 3.63) is 47.6 Å². The van der Waals surface area contributed by atoms with Crippen molar-refractivity contribution in [3.63, 3.8) is 0 Å². The van der Waals surface area contributed by atoms with Crippen LogP contribution < -0.4 is 0 Å². The van der Waals surface area contributed by atoms with Crippen molar-refractivity contribution in [2.45, 2.75) is 40.5 Å². The monoisotopic (exact) mass is 230 g/mol. The summed E-state index contributed by atoms with van der Waals surface area (Å²) in [6.45, 7) is 12.1. The fourth-order valence-corrected chi connectivity index (χ4v) is 2.44. The topological polar surface area (TPSA) is 17.1 Å². The van der Waals surface area contributed by atoms with Crippen LogP contribution in [0.5, 0.6) is 0 Å². The maximum absolute atomic E-state index is 11.6. The Labute approximate surface area is 105 Å². The first-order chi connectivity index (χ1) is 7.86. The summed E-state index contributed by atoms with van der Waals surface area (Å²) in [6.07, 6.45) is 9.26. The standard InChI is InChI=1S/C16H22O/c1-6-7-12(2)8-9-15-13(3)10-14(17)11-16(15,4)5/h6-9H,1,10-11H2,2-5H3. The van der Waals surface area contributed by atoms with E-state index >= 15 is 0 Å². The van der Waals surface area contributed by atoms with E-state index in [1.165, 1.54) is 16.7 Å². The van der Waals surface area contributed by atoms with Gasteiger partial charge in [-0.25, -0.2) is 0 Å². The van der Waals surface area contributed by atoms with Crippen molar-refractivity contribution in [2.24, 2.45) is 5.41 Å². The molecule has 0 amide bonds. The zero-order chi connectivity index (χ0) is 13.1. The van der Waals surface area contributed by atoms with E-state index in [1.54, 1.807) is 6.08 Å². The number of allylic oxidation sites excluding steroid dienone is 7. The lowest BCUT2D eigenvalue weighted by Gasteiger charge is -2.32. The fraction of sp³-hybridized carbons (Fsp3) is 0.438. The largest absolute Gasteiger partial charge is 0.299 e. The summed E-state index contributed by atoms with van der Waals surface area (Å²) in [5.41, 5.74) is 3.64. The average molecular weight is 230 g/mol. The molecule has 0 radical (unpaired) electrons. The molecule has 0 fully saturated rings. The number of carbonyl (C=O) groups is 1. The van der Waals surface area contributed by atoms with Crippen molar-refractivity contribution in [3.8, 4) is 0 Å². The van der Waals surface area contributed by atoms with Crippen LogP contribution in [-0.4, -0.2) is 5.78 Å². The van der Waals surface area contributed by atoms with Gasteiger partial charge in [0, 0.05) is 12.8 Å². The second-order valence-electron chi connectivity index (χ2n) is 5.45. The Balaban J connectivity index is 3.02. The number of carbonyl (C=O) groups excluding carboxylic acids is 1. The molecule has 1 heteroatoms. The molecule has 17 heavy (non-hydrogen) atoms. The Morgan fingerprint density at radius 2 is 2.06 bits per heavy atom. The lowest BCUT2D eigenvalue weighted by Crippen LogP contribution is -2.25. The molecule has 0 aromatic carbocycles. The van der Waals surface area contributed by atoms with Crippen molar-refractivity contribution < 1.29 is 4.79 Å². The van der Waals surface area contributed by atoms with Crippen molar-refractivity contribution >= 4 is 5.78 Å². The minimum absolute atomic E-state index is 0.0373. The van der Waals surface area contributed by atoms with Gasteiger partial charge in [-0.05, 0) is 24.8 Å². The first-order valence-electron chi connectivity index (χ1n) is 6.06. The smallest absolute Gasteiger partial charge is 0.137 e. The highest BCUT2D eigenvalue weighted by atomic mass is 16.1. The molecule has 1 rings (SSSR count). The molecule has 0 aromatic rings.